The highest BCUT2D eigenvalue weighted by atomic mass is 35.5. The highest BCUT2D eigenvalue weighted by Gasteiger charge is 2.08. The Morgan fingerprint density at radius 2 is 2.16 bits per heavy atom. The lowest BCUT2D eigenvalue weighted by molar-refractivity contribution is 0.0955. The van der Waals surface area contributed by atoms with Crippen molar-refractivity contribution in [2.75, 3.05) is 12.3 Å². The van der Waals surface area contributed by atoms with Crippen LogP contribution in [0, 0.1) is 0 Å². The Bertz CT molecular complexity index is 586. The molecule has 0 aliphatic carbocycles. The molecule has 2 rings (SSSR count). The van der Waals surface area contributed by atoms with Crippen molar-refractivity contribution < 1.29 is 4.79 Å². The van der Waals surface area contributed by atoms with E-state index in [1.165, 1.54) is 0 Å². The zero-order chi connectivity index (χ0) is 13.7. The average molecular weight is 276 g/mol. The molecular weight excluding hydrogens is 262 g/mol. The van der Waals surface area contributed by atoms with Crippen LogP contribution in [0.15, 0.2) is 42.6 Å². The molecule has 1 heterocycles. The quantitative estimate of drug-likeness (QED) is 0.900. The average Bonchev–Trinajstić information content (AvgIpc) is 2.39. The number of nitrogens with one attached hydrogen (secondary N) is 1. The molecule has 0 bridgehead atoms. The first-order valence-electron chi connectivity index (χ1n) is 5.90. The molecule has 1 aromatic carbocycles. The minimum atomic E-state index is -0.215. The number of anilines is 1. The van der Waals surface area contributed by atoms with Gasteiger partial charge in [-0.3, -0.25) is 4.79 Å². The van der Waals surface area contributed by atoms with Crippen LogP contribution in [0.5, 0.6) is 0 Å². The predicted octanol–water partition coefficient (Wildman–Crippen LogP) is 2.29. The largest absolute Gasteiger partial charge is 0.383 e. The number of amides is 1. The van der Waals surface area contributed by atoms with Crippen molar-refractivity contribution in [3.63, 3.8) is 0 Å². The molecule has 3 N–H and O–H groups in total. The Morgan fingerprint density at radius 3 is 2.89 bits per heavy atom. The Morgan fingerprint density at radius 1 is 1.32 bits per heavy atom. The zero-order valence-corrected chi connectivity index (χ0v) is 11.0. The Hall–Kier alpha value is -2.07. The summed E-state index contributed by atoms with van der Waals surface area (Å²) < 4.78 is 0. The number of hydrogen-bond acceptors (Lipinski definition) is 3. The number of pyridine rings is 1. The number of benzene rings is 1. The first-order chi connectivity index (χ1) is 9.16. The summed E-state index contributed by atoms with van der Waals surface area (Å²) in [6, 6.07) is 10.9. The van der Waals surface area contributed by atoms with Crippen LogP contribution >= 0.6 is 11.6 Å². The summed E-state index contributed by atoms with van der Waals surface area (Å²) in [5.41, 5.74) is 7.11. The Labute approximate surface area is 116 Å². The maximum absolute atomic E-state index is 11.9. The maximum Gasteiger partial charge on any atom is 0.255 e. The zero-order valence-electron chi connectivity index (χ0n) is 10.3. The fraction of sp³-hybridized carbons (Fsp3) is 0.143. The number of rotatable bonds is 4. The van der Waals surface area contributed by atoms with Crippen molar-refractivity contribution in [2.45, 2.75) is 6.42 Å². The van der Waals surface area contributed by atoms with E-state index in [2.05, 4.69) is 10.3 Å². The van der Waals surface area contributed by atoms with Gasteiger partial charge in [-0.2, -0.15) is 0 Å². The summed E-state index contributed by atoms with van der Waals surface area (Å²) in [6.07, 6.45) is 2.27. The van der Waals surface area contributed by atoms with Gasteiger partial charge in [0.05, 0.1) is 5.56 Å². The normalized spacial score (nSPS) is 10.2. The Kier molecular flexibility index (Phi) is 4.36. The molecule has 0 atom stereocenters. The van der Waals surface area contributed by atoms with Crippen LogP contribution in [0.1, 0.15) is 15.9 Å². The molecule has 5 heteroatoms. The van der Waals surface area contributed by atoms with Gasteiger partial charge in [0.15, 0.2) is 0 Å². The highest BCUT2D eigenvalue weighted by Crippen LogP contribution is 2.11. The van der Waals surface area contributed by atoms with E-state index in [9.17, 15) is 4.79 Å². The van der Waals surface area contributed by atoms with E-state index in [4.69, 9.17) is 17.3 Å². The van der Waals surface area contributed by atoms with Gasteiger partial charge < -0.3 is 11.1 Å². The summed E-state index contributed by atoms with van der Waals surface area (Å²) >= 11 is 5.89. The van der Waals surface area contributed by atoms with Gasteiger partial charge in [0.1, 0.15) is 5.82 Å². The predicted molar refractivity (Wildman–Crippen MR) is 76.1 cm³/mol. The molecule has 0 unspecified atom stereocenters. The third-order valence-corrected chi connectivity index (χ3v) is 2.91. The molecule has 0 saturated heterocycles. The molecule has 0 aliphatic rings. The maximum atomic E-state index is 11.9. The molecule has 4 nitrogen and oxygen atoms in total. The number of nitrogens with two attached hydrogens (primary N) is 1. The molecule has 0 fully saturated rings. The molecule has 0 aliphatic heterocycles. The molecule has 2 aromatic rings. The number of carbonyl (C=O) groups excluding carboxylic acids is 1. The number of nitrogen functional groups attached to an aromatic ring is 1. The van der Waals surface area contributed by atoms with Crippen LogP contribution in [0.3, 0.4) is 0 Å². The van der Waals surface area contributed by atoms with E-state index < -0.39 is 0 Å². The van der Waals surface area contributed by atoms with Crippen LogP contribution in [0.25, 0.3) is 0 Å². The summed E-state index contributed by atoms with van der Waals surface area (Å²) in [7, 11) is 0. The number of halogens is 1. The molecular formula is C14H14ClN3O. The van der Waals surface area contributed by atoms with Crippen LogP contribution in [-0.4, -0.2) is 17.4 Å². The van der Waals surface area contributed by atoms with E-state index in [-0.39, 0.29) is 11.7 Å². The van der Waals surface area contributed by atoms with Crippen molar-refractivity contribution >= 4 is 23.3 Å². The monoisotopic (exact) mass is 275 g/mol. The number of hydrogen-bond donors (Lipinski definition) is 2. The molecule has 0 saturated carbocycles. The summed E-state index contributed by atoms with van der Waals surface area (Å²) in [5, 5.41) is 3.50. The van der Waals surface area contributed by atoms with E-state index in [0.717, 1.165) is 5.56 Å². The first kappa shape index (κ1) is 13.4. The minimum Gasteiger partial charge on any atom is -0.383 e. The minimum absolute atomic E-state index is 0.215. The summed E-state index contributed by atoms with van der Waals surface area (Å²) in [6.45, 7) is 0.521. The van der Waals surface area contributed by atoms with Gasteiger partial charge in [-0.05, 0) is 36.2 Å². The van der Waals surface area contributed by atoms with Gasteiger partial charge >= 0.3 is 0 Å². The van der Waals surface area contributed by atoms with E-state index in [1.54, 1.807) is 18.3 Å². The van der Waals surface area contributed by atoms with Gasteiger partial charge in [0, 0.05) is 17.8 Å². The third kappa shape index (κ3) is 3.69. The summed E-state index contributed by atoms with van der Waals surface area (Å²) in [5.74, 6) is 0.0235. The SMILES string of the molecule is Nc1ncccc1C(=O)NCCc1cccc(Cl)c1. The molecule has 1 amide bonds. The molecule has 19 heavy (non-hydrogen) atoms. The van der Waals surface area contributed by atoms with E-state index in [0.29, 0.717) is 23.6 Å². The topological polar surface area (TPSA) is 68.0 Å². The fourth-order valence-electron chi connectivity index (χ4n) is 1.72. The van der Waals surface area contributed by atoms with Crippen molar-refractivity contribution in [3.05, 3.63) is 58.7 Å². The number of aromatic nitrogens is 1. The number of nitrogens with zero attached hydrogens (tertiary/aromatic N) is 1. The molecule has 1 aromatic heterocycles. The second-order valence-electron chi connectivity index (χ2n) is 4.07. The first-order valence-corrected chi connectivity index (χ1v) is 6.28. The van der Waals surface area contributed by atoms with Crippen LogP contribution in [0.4, 0.5) is 5.82 Å². The van der Waals surface area contributed by atoms with E-state index in [1.807, 2.05) is 24.3 Å². The van der Waals surface area contributed by atoms with E-state index >= 15 is 0 Å². The lowest BCUT2D eigenvalue weighted by atomic mass is 10.1. The fourth-order valence-corrected chi connectivity index (χ4v) is 1.93. The van der Waals surface area contributed by atoms with Gasteiger partial charge in [0.25, 0.3) is 5.91 Å². The van der Waals surface area contributed by atoms with Gasteiger partial charge in [0.2, 0.25) is 0 Å². The van der Waals surface area contributed by atoms with Crippen molar-refractivity contribution in [2.24, 2.45) is 0 Å². The second kappa shape index (κ2) is 6.20. The third-order valence-electron chi connectivity index (χ3n) is 2.67. The lowest BCUT2D eigenvalue weighted by Crippen LogP contribution is -2.26. The van der Waals surface area contributed by atoms with Crippen molar-refractivity contribution in [3.8, 4) is 0 Å². The molecule has 0 radical (unpaired) electrons. The van der Waals surface area contributed by atoms with Crippen molar-refractivity contribution in [1.82, 2.24) is 10.3 Å². The van der Waals surface area contributed by atoms with Gasteiger partial charge in [-0.25, -0.2) is 4.98 Å². The summed E-state index contributed by atoms with van der Waals surface area (Å²) in [4.78, 5) is 15.7. The molecule has 98 valence electrons. The molecule has 0 spiro atoms. The second-order valence-corrected chi connectivity index (χ2v) is 4.51. The smallest absolute Gasteiger partial charge is 0.255 e. The van der Waals surface area contributed by atoms with Crippen molar-refractivity contribution in [1.29, 1.82) is 0 Å². The van der Waals surface area contributed by atoms with Gasteiger partial charge in [-0.15, -0.1) is 0 Å². The standard InChI is InChI=1S/C14H14ClN3O/c15-11-4-1-3-10(9-11)6-8-18-14(19)12-5-2-7-17-13(12)16/h1-5,7,9H,6,8H2,(H2,16,17)(H,18,19). The van der Waals surface area contributed by atoms with Gasteiger partial charge in [-0.1, -0.05) is 23.7 Å². The van der Waals surface area contributed by atoms with Crippen LogP contribution in [-0.2, 0) is 6.42 Å². The Balaban J connectivity index is 1.90. The van der Waals surface area contributed by atoms with Crippen LogP contribution in [0.2, 0.25) is 5.02 Å². The highest BCUT2D eigenvalue weighted by molar-refractivity contribution is 6.30. The van der Waals surface area contributed by atoms with Crippen LogP contribution < -0.4 is 11.1 Å². The number of carbonyl (C=O) groups is 1. The lowest BCUT2D eigenvalue weighted by Gasteiger charge is -2.07.